The Morgan fingerprint density at radius 3 is 3.14 bits per heavy atom. The van der Waals surface area contributed by atoms with Crippen molar-refractivity contribution in [3.63, 3.8) is 0 Å². The van der Waals surface area contributed by atoms with Gasteiger partial charge in [-0.05, 0) is 38.1 Å². The normalized spacial score (nSPS) is 15.6. The van der Waals surface area contributed by atoms with E-state index in [-0.39, 0.29) is 18.6 Å². The van der Waals surface area contributed by atoms with Gasteiger partial charge in [0.25, 0.3) is 5.91 Å². The van der Waals surface area contributed by atoms with Crippen LogP contribution in [-0.2, 0) is 17.8 Å². The van der Waals surface area contributed by atoms with Gasteiger partial charge in [-0.1, -0.05) is 12.1 Å². The Bertz CT molecular complexity index is 1040. The number of fused-ring (bicyclic) bond motifs is 2. The summed E-state index contributed by atoms with van der Waals surface area (Å²) in [5.74, 6) is 1.34. The fourth-order valence-corrected chi connectivity index (χ4v) is 3.34. The number of hydrogen-bond donors (Lipinski definition) is 1. The van der Waals surface area contributed by atoms with Crippen molar-refractivity contribution in [3.8, 4) is 11.5 Å². The summed E-state index contributed by atoms with van der Waals surface area (Å²) in [4.78, 5) is 16.5. The van der Waals surface area contributed by atoms with Gasteiger partial charge < -0.3 is 14.0 Å². The summed E-state index contributed by atoms with van der Waals surface area (Å²) in [6.45, 7) is 4.66. The molecule has 1 N–H and O–H groups in total. The lowest BCUT2D eigenvalue weighted by Gasteiger charge is -2.09. The minimum absolute atomic E-state index is 0.140. The Kier molecular flexibility index (Phi) is 4.97. The maximum Gasteiger partial charge on any atom is 0.260 e. The van der Waals surface area contributed by atoms with Crippen molar-refractivity contribution in [1.82, 2.24) is 15.0 Å². The molecule has 4 rings (SSSR count). The number of aromatic nitrogens is 2. The zero-order chi connectivity index (χ0) is 19.5. The number of hydrogen-bond acceptors (Lipinski definition) is 5. The van der Waals surface area contributed by atoms with E-state index in [1.807, 2.05) is 50.2 Å². The van der Waals surface area contributed by atoms with Gasteiger partial charge in [-0.25, -0.2) is 10.4 Å². The number of nitrogens with one attached hydrogen (secondary N) is 1. The SMILES string of the molecule is CCOc1cc2c(cc1/C=N\NC(=O)Cn1cnc3ccccc31)O[C@H](C)C2. The predicted octanol–water partition coefficient (Wildman–Crippen LogP) is 2.91. The van der Waals surface area contributed by atoms with Crippen LogP contribution in [0.25, 0.3) is 11.0 Å². The number of benzene rings is 2. The molecule has 0 unspecified atom stereocenters. The summed E-state index contributed by atoms with van der Waals surface area (Å²) < 4.78 is 13.3. The van der Waals surface area contributed by atoms with Crippen molar-refractivity contribution in [2.45, 2.75) is 32.9 Å². The van der Waals surface area contributed by atoms with E-state index in [1.54, 1.807) is 17.1 Å². The van der Waals surface area contributed by atoms with Crippen LogP contribution in [0.3, 0.4) is 0 Å². The summed E-state index contributed by atoms with van der Waals surface area (Å²) in [6, 6.07) is 11.6. The molecular weight excluding hydrogens is 356 g/mol. The number of carbonyl (C=O) groups is 1. The summed E-state index contributed by atoms with van der Waals surface area (Å²) in [6.07, 6.45) is 4.26. The molecule has 1 amide bonds. The molecule has 0 radical (unpaired) electrons. The monoisotopic (exact) mass is 378 g/mol. The Morgan fingerprint density at radius 2 is 2.29 bits per heavy atom. The first-order valence-electron chi connectivity index (χ1n) is 9.32. The highest BCUT2D eigenvalue weighted by atomic mass is 16.5. The van der Waals surface area contributed by atoms with E-state index in [0.717, 1.165) is 40.1 Å². The first-order chi connectivity index (χ1) is 13.6. The summed E-state index contributed by atoms with van der Waals surface area (Å²) in [7, 11) is 0. The molecule has 0 aliphatic carbocycles. The number of ether oxygens (including phenoxy) is 2. The van der Waals surface area contributed by atoms with E-state index in [9.17, 15) is 4.79 Å². The molecule has 28 heavy (non-hydrogen) atoms. The Hall–Kier alpha value is -3.35. The number of rotatable bonds is 6. The lowest BCUT2D eigenvalue weighted by Crippen LogP contribution is -2.22. The number of nitrogens with zero attached hydrogens (tertiary/aromatic N) is 3. The fraction of sp³-hybridized carbons (Fsp3) is 0.286. The van der Waals surface area contributed by atoms with Crippen molar-refractivity contribution in [2.75, 3.05) is 6.61 Å². The van der Waals surface area contributed by atoms with E-state index in [0.29, 0.717) is 6.61 Å². The zero-order valence-corrected chi connectivity index (χ0v) is 15.9. The van der Waals surface area contributed by atoms with Crippen LogP contribution in [0, 0.1) is 0 Å². The third-order valence-electron chi connectivity index (χ3n) is 4.56. The third-order valence-corrected chi connectivity index (χ3v) is 4.56. The fourth-order valence-electron chi connectivity index (χ4n) is 3.34. The van der Waals surface area contributed by atoms with Gasteiger partial charge >= 0.3 is 0 Å². The highest BCUT2D eigenvalue weighted by molar-refractivity contribution is 5.86. The minimum atomic E-state index is -0.233. The highest BCUT2D eigenvalue weighted by Gasteiger charge is 2.21. The van der Waals surface area contributed by atoms with Crippen molar-refractivity contribution in [2.24, 2.45) is 5.10 Å². The predicted molar refractivity (Wildman–Crippen MR) is 107 cm³/mol. The largest absolute Gasteiger partial charge is 0.493 e. The molecule has 3 aromatic rings. The van der Waals surface area contributed by atoms with Gasteiger partial charge in [-0.2, -0.15) is 5.10 Å². The summed E-state index contributed by atoms with van der Waals surface area (Å²) >= 11 is 0. The van der Waals surface area contributed by atoms with Crippen LogP contribution in [0.4, 0.5) is 0 Å². The Balaban J connectivity index is 1.45. The minimum Gasteiger partial charge on any atom is -0.493 e. The first kappa shape index (κ1) is 18.0. The van der Waals surface area contributed by atoms with Crippen molar-refractivity contribution < 1.29 is 14.3 Å². The Labute approximate surface area is 163 Å². The molecule has 1 aliphatic heterocycles. The standard InChI is InChI=1S/C21H22N4O3/c1-3-27-19-9-15-8-14(2)28-20(15)10-16(19)11-23-24-21(26)12-25-13-22-17-6-4-5-7-18(17)25/h4-7,9-11,13-14H,3,8,12H2,1-2H3,(H,24,26)/b23-11-/t14-/m1/s1. The van der Waals surface area contributed by atoms with E-state index in [1.165, 1.54) is 0 Å². The van der Waals surface area contributed by atoms with Crippen molar-refractivity contribution in [3.05, 3.63) is 53.9 Å². The van der Waals surface area contributed by atoms with Crippen LogP contribution in [-0.4, -0.2) is 34.4 Å². The maximum atomic E-state index is 12.3. The first-order valence-corrected chi connectivity index (χ1v) is 9.32. The van der Waals surface area contributed by atoms with Gasteiger partial charge in [0.2, 0.25) is 0 Å². The third kappa shape index (κ3) is 3.69. The molecule has 1 aliphatic rings. The van der Waals surface area contributed by atoms with Gasteiger partial charge in [0.1, 0.15) is 24.1 Å². The van der Waals surface area contributed by atoms with E-state index in [4.69, 9.17) is 9.47 Å². The average Bonchev–Trinajstić information content (AvgIpc) is 3.24. The lowest BCUT2D eigenvalue weighted by atomic mass is 10.1. The van der Waals surface area contributed by atoms with Crippen LogP contribution in [0.5, 0.6) is 11.5 Å². The number of para-hydroxylation sites is 2. The molecule has 0 fully saturated rings. The second-order valence-electron chi connectivity index (χ2n) is 6.72. The lowest BCUT2D eigenvalue weighted by molar-refractivity contribution is -0.121. The maximum absolute atomic E-state index is 12.3. The second kappa shape index (κ2) is 7.72. The van der Waals surface area contributed by atoms with E-state index < -0.39 is 0 Å². The number of carbonyl (C=O) groups excluding carboxylic acids is 1. The van der Waals surface area contributed by atoms with E-state index in [2.05, 4.69) is 15.5 Å². The van der Waals surface area contributed by atoms with Gasteiger partial charge in [-0.3, -0.25) is 4.79 Å². The van der Waals surface area contributed by atoms with Gasteiger partial charge in [0.05, 0.1) is 30.2 Å². The zero-order valence-electron chi connectivity index (χ0n) is 15.9. The van der Waals surface area contributed by atoms with Crippen LogP contribution in [0.2, 0.25) is 0 Å². The molecule has 2 aromatic carbocycles. The molecule has 0 bridgehead atoms. The van der Waals surface area contributed by atoms with Crippen LogP contribution < -0.4 is 14.9 Å². The van der Waals surface area contributed by atoms with Gasteiger partial charge in [-0.15, -0.1) is 0 Å². The van der Waals surface area contributed by atoms with E-state index >= 15 is 0 Å². The molecule has 7 nitrogen and oxygen atoms in total. The molecule has 0 saturated carbocycles. The molecule has 0 spiro atoms. The van der Waals surface area contributed by atoms with Gasteiger partial charge in [0.15, 0.2) is 0 Å². The van der Waals surface area contributed by atoms with Crippen molar-refractivity contribution >= 4 is 23.2 Å². The molecular formula is C21H22N4O3. The quantitative estimate of drug-likeness (QED) is 0.528. The topological polar surface area (TPSA) is 77.7 Å². The molecule has 1 atom stereocenters. The molecule has 0 saturated heterocycles. The molecule has 144 valence electrons. The Morgan fingerprint density at radius 1 is 1.43 bits per heavy atom. The van der Waals surface area contributed by atoms with Crippen LogP contribution in [0.15, 0.2) is 47.8 Å². The number of amides is 1. The number of imidazole rings is 1. The molecule has 2 heterocycles. The van der Waals surface area contributed by atoms with Crippen LogP contribution >= 0.6 is 0 Å². The number of hydrazone groups is 1. The molecule has 7 heteroatoms. The average molecular weight is 378 g/mol. The highest BCUT2D eigenvalue weighted by Crippen LogP contribution is 2.34. The summed E-state index contributed by atoms with van der Waals surface area (Å²) in [5.41, 5.74) is 6.22. The molecule has 1 aromatic heterocycles. The smallest absolute Gasteiger partial charge is 0.260 e. The van der Waals surface area contributed by atoms with Gasteiger partial charge in [0, 0.05) is 17.5 Å². The second-order valence-corrected chi connectivity index (χ2v) is 6.72. The van der Waals surface area contributed by atoms with Crippen LogP contribution in [0.1, 0.15) is 25.0 Å². The van der Waals surface area contributed by atoms with Crippen molar-refractivity contribution in [1.29, 1.82) is 0 Å². The summed E-state index contributed by atoms with van der Waals surface area (Å²) in [5, 5.41) is 4.10.